The van der Waals surface area contributed by atoms with E-state index >= 15 is 0 Å². The van der Waals surface area contributed by atoms with Gasteiger partial charge in [-0.3, -0.25) is 4.79 Å². The van der Waals surface area contributed by atoms with Crippen molar-refractivity contribution in [3.05, 3.63) is 62.6 Å². The summed E-state index contributed by atoms with van der Waals surface area (Å²) in [4.78, 5) is 23.4. The summed E-state index contributed by atoms with van der Waals surface area (Å²) < 4.78 is 0.638. The summed E-state index contributed by atoms with van der Waals surface area (Å²) in [6, 6.07) is 9.50. The van der Waals surface area contributed by atoms with Crippen LogP contribution in [-0.4, -0.2) is 17.0 Å². The number of halogens is 2. The van der Waals surface area contributed by atoms with Crippen LogP contribution >= 0.6 is 27.5 Å². The summed E-state index contributed by atoms with van der Waals surface area (Å²) >= 11 is 9.17. The molecule has 108 valence electrons. The highest BCUT2D eigenvalue weighted by atomic mass is 79.9. The van der Waals surface area contributed by atoms with Gasteiger partial charge in [-0.25, -0.2) is 4.79 Å². The third-order valence-electron chi connectivity index (χ3n) is 2.83. The van der Waals surface area contributed by atoms with Crippen LogP contribution in [0, 0.1) is 6.92 Å². The van der Waals surface area contributed by atoms with Crippen molar-refractivity contribution >= 4 is 45.1 Å². The Kier molecular flexibility index (Phi) is 4.65. The average Bonchev–Trinajstić information content (AvgIpc) is 2.37. The molecule has 2 rings (SSSR count). The highest BCUT2D eigenvalue weighted by molar-refractivity contribution is 9.10. The van der Waals surface area contributed by atoms with E-state index in [1.54, 1.807) is 12.1 Å². The molecule has 0 atom stereocenters. The molecule has 0 bridgehead atoms. The number of aryl methyl sites for hydroxylation is 1. The minimum atomic E-state index is -1.13. The zero-order chi connectivity index (χ0) is 15.6. The number of anilines is 1. The molecule has 2 N–H and O–H groups in total. The first-order valence-corrected chi connectivity index (χ1v) is 7.16. The van der Waals surface area contributed by atoms with E-state index in [9.17, 15) is 9.59 Å². The molecule has 0 saturated heterocycles. The SMILES string of the molecule is Cc1ccc(C(=O)Nc2cc(Cl)ccc2C(=O)O)c(Br)c1. The highest BCUT2D eigenvalue weighted by Gasteiger charge is 2.15. The Morgan fingerprint density at radius 2 is 1.81 bits per heavy atom. The van der Waals surface area contributed by atoms with E-state index in [1.807, 2.05) is 13.0 Å². The summed E-state index contributed by atoms with van der Waals surface area (Å²) in [6.45, 7) is 1.91. The lowest BCUT2D eigenvalue weighted by Crippen LogP contribution is -2.15. The first-order valence-electron chi connectivity index (χ1n) is 5.99. The number of carboxylic acids is 1. The fourth-order valence-corrected chi connectivity index (χ4v) is 2.65. The second-order valence-electron chi connectivity index (χ2n) is 4.43. The van der Waals surface area contributed by atoms with Crippen LogP contribution in [0.5, 0.6) is 0 Å². The molecule has 0 saturated carbocycles. The maximum absolute atomic E-state index is 12.3. The van der Waals surface area contributed by atoms with Crippen molar-refractivity contribution in [1.82, 2.24) is 0 Å². The number of carbonyl (C=O) groups is 2. The molecule has 0 aromatic heterocycles. The van der Waals surface area contributed by atoms with E-state index in [0.717, 1.165) is 5.56 Å². The molecule has 0 fully saturated rings. The molecule has 1 amide bonds. The minimum Gasteiger partial charge on any atom is -0.478 e. The lowest BCUT2D eigenvalue weighted by atomic mass is 10.1. The first kappa shape index (κ1) is 15.5. The topological polar surface area (TPSA) is 66.4 Å². The Bertz CT molecular complexity index is 731. The number of benzene rings is 2. The molecule has 2 aromatic rings. The van der Waals surface area contributed by atoms with Crippen LogP contribution in [-0.2, 0) is 0 Å². The number of nitrogens with one attached hydrogen (secondary N) is 1. The molecule has 0 aliphatic heterocycles. The number of hydrogen-bond donors (Lipinski definition) is 2. The maximum Gasteiger partial charge on any atom is 0.337 e. The van der Waals surface area contributed by atoms with Gasteiger partial charge in [0.15, 0.2) is 0 Å². The van der Waals surface area contributed by atoms with Crippen molar-refractivity contribution in [1.29, 1.82) is 0 Å². The predicted octanol–water partition coefficient (Wildman–Crippen LogP) is 4.36. The molecule has 0 heterocycles. The zero-order valence-corrected chi connectivity index (χ0v) is 13.3. The molecule has 0 aliphatic rings. The molecular weight excluding hydrogens is 358 g/mol. The van der Waals surface area contributed by atoms with Gasteiger partial charge in [0.25, 0.3) is 5.91 Å². The lowest BCUT2D eigenvalue weighted by Gasteiger charge is -2.10. The quantitative estimate of drug-likeness (QED) is 0.846. The number of carboxylic acid groups (broad SMARTS) is 1. The number of amides is 1. The Balaban J connectivity index is 2.35. The van der Waals surface area contributed by atoms with Gasteiger partial charge in [0.1, 0.15) is 0 Å². The molecule has 4 nitrogen and oxygen atoms in total. The monoisotopic (exact) mass is 367 g/mol. The molecular formula is C15H11BrClNO3. The van der Waals surface area contributed by atoms with Crippen LogP contribution in [0.4, 0.5) is 5.69 Å². The van der Waals surface area contributed by atoms with Gasteiger partial charge >= 0.3 is 5.97 Å². The molecule has 0 unspecified atom stereocenters. The number of rotatable bonds is 3. The Morgan fingerprint density at radius 3 is 2.43 bits per heavy atom. The standard InChI is InChI=1S/C15H11BrClNO3/c1-8-2-4-10(12(16)6-8)14(19)18-13-7-9(17)3-5-11(13)15(20)21/h2-7H,1H3,(H,18,19)(H,20,21). The van der Waals surface area contributed by atoms with Gasteiger partial charge in [-0.1, -0.05) is 17.7 Å². The van der Waals surface area contributed by atoms with Gasteiger partial charge in [-0.2, -0.15) is 0 Å². The maximum atomic E-state index is 12.3. The molecule has 0 aliphatic carbocycles. The second-order valence-corrected chi connectivity index (χ2v) is 5.72. The minimum absolute atomic E-state index is 0.0176. The predicted molar refractivity (Wildman–Crippen MR) is 85.2 cm³/mol. The van der Waals surface area contributed by atoms with Gasteiger partial charge in [0, 0.05) is 9.50 Å². The lowest BCUT2D eigenvalue weighted by molar-refractivity contribution is 0.0698. The van der Waals surface area contributed by atoms with Crippen molar-refractivity contribution in [2.45, 2.75) is 6.92 Å². The largest absolute Gasteiger partial charge is 0.478 e. The summed E-state index contributed by atoms with van der Waals surface area (Å²) in [5, 5.41) is 12.0. The van der Waals surface area contributed by atoms with Crippen molar-refractivity contribution in [3.63, 3.8) is 0 Å². The van der Waals surface area contributed by atoms with Crippen molar-refractivity contribution in [2.75, 3.05) is 5.32 Å². The average molecular weight is 369 g/mol. The molecule has 6 heteroatoms. The van der Waals surface area contributed by atoms with Gasteiger partial charge in [-0.05, 0) is 58.7 Å². The highest BCUT2D eigenvalue weighted by Crippen LogP contribution is 2.24. The Hall–Kier alpha value is -1.85. The normalized spacial score (nSPS) is 10.2. The van der Waals surface area contributed by atoms with Crippen LogP contribution in [0.3, 0.4) is 0 Å². The van der Waals surface area contributed by atoms with Gasteiger partial charge < -0.3 is 10.4 Å². The van der Waals surface area contributed by atoms with Crippen LogP contribution < -0.4 is 5.32 Å². The zero-order valence-electron chi connectivity index (χ0n) is 11.0. The van der Waals surface area contributed by atoms with E-state index < -0.39 is 11.9 Å². The third kappa shape index (κ3) is 3.62. The van der Waals surface area contributed by atoms with E-state index in [2.05, 4.69) is 21.2 Å². The van der Waals surface area contributed by atoms with Crippen molar-refractivity contribution in [2.24, 2.45) is 0 Å². The Labute approximate surface area is 134 Å². The third-order valence-corrected chi connectivity index (χ3v) is 3.72. The summed E-state index contributed by atoms with van der Waals surface area (Å²) in [5.41, 5.74) is 1.56. The van der Waals surface area contributed by atoms with Gasteiger partial charge in [0.2, 0.25) is 0 Å². The fourth-order valence-electron chi connectivity index (χ4n) is 1.80. The van der Waals surface area contributed by atoms with Crippen molar-refractivity contribution < 1.29 is 14.7 Å². The number of aromatic carboxylic acids is 1. The van der Waals surface area contributed by atoms with E-state index in [1.165, 1.54) is 18.2 Å². The van der Waals surface area contributed by atoms with Crippen LogP contribution in [0.25, 0.3) is 0 Å². The van der Waals surface area contributed by atoms with E-state index in [-0.39, 0.29) is 11.3 Å². The molecule has 2 aromatic carbocycles. The number of hydrogen-bond acceptors (Lipinski definition) is 2. The molecule has 21 heavy (non-hydrogen) atoms. The van der Waals surface area contributed by atoms with E-state index in [0.29, 0.717) is 15.1 Å². The molecule has 0 spiro atoms. The van der Waals surface area contributed by atoms with Gasteiger partial charge in [0.05, 0.1) is 16.8 Å². The molecule has 0 radical (unpaired) electrons. The first-order chi connectivity index (χ1) is 9.88. The summed E-state index contributed by atoms with van der Waals surface area (Å²) in [6.07, 6.45) is 0. The second kappa shape index (κ2) is 6.28. The van der Waals surface area contributed by atoms with Crippen LogP contribution in [0.1, 0.15) is 26.3 Å². The summed E-state index contributed by atoms with van der Waals surface area (Å²) in [7, 11) is 0. The van der Waals surface area contributed by atoms with Crippen LogP contribution in [0.15, 0.2) is 40.9 Å². The van der Waals surface area contributed by atoms with Gasteiger partial charge in [-0.15, -0.1) is 0 Å². The van der Waals surface area contributed by atoms with Crippen LogP contribution in [0.2, 0.25) is 5.02 Å². The Morgan fingerprint density at radius 1 is 1.14 bits per heavy atom. The smallest absolute Gasteiger partial charge is 0.337 e. The summed E-state index contributed by atoms with van der Waals surface area (Å²) in [5.74, 6) is -1.54. The fraction of sp³-hybridized carbons (Fsp3) is 0.0667. The number of carbonyl (C=O) groups excluding carboxylic acids is 1. The van der Waals surface area contributed by atoms with E-state index in [4.69, 9.17) is 16.7 Å². The van der Waals surface area contributed by atoms with Crippen molar-refractivity contribution in [3.8, 4) is 0 Å².